The first-order valence-corrected chi connectivity index (χ1v) is 28.4. The van der Waals surface area contributed by atoms with E-state index in [2.05, 4.69) is 106 Å². The van der Waals surface area contributed by atoms with E-state index in [1.54, 1.807) is 0 Å². The van der Waals surface area contributed by atoms with Gasteiger partial charge in [0.2, 0.25) is 0 Å². The minimum absolute atomic E-state index is 0.131. The molecular formula is C65H102O6. The molecule has 0 aromatic heterocycles. The Kier molecular flexibility index (Phi) is 54.0. The van der Waals surface area contributed by atoms with E-state index in [-0.39, 0.29) is 44.0 Å². The number of hydrogen-bond donors (Lipinski definition) is 0. The number of carbonyl (C=O) groups excluding carboxylic acids is 3. The molecule has 0 rings (SSSR count). The maximum absolute atomic E-state index is 12.9. The zero-order valence-electron chi connectivity index (χ0n) is 45.4. The number of carbonyl (C=O) groups is 3. The molecule has 0 aliphatic heterocycles. The largest absolute Gasteiger partial charge is 0.462 e. The Balaban J connectivity index is 4.58. The Morgan fingerprint density at radius 3 is 1.13 bits per heavy atom. The lowest BCUT2D eigenvalue weighted by molar-refractivity contribution is -0.166. The normalized spacial score (nSPS) is 13.2. The number of rotatable bonds is 49. The van der Waals surface area contributed by atoms with Crippen molar-refractivity contribution in [3.05, 3.63) is 146 Å². The Labute approximate surface area is 436 Å². The molecule has 0 aromatic carbocycles. The van der Waals surface area contributed by atoms with Crippen molar-refractivity contribution in [3.63, 3.8) is 0 Å². The van der Waals surface area contributed by atoms with Crippen molar-refractivity contribution in [1.29, 1.82) is 0 Å². The molecule has 0 saturated heterocycles. The predicted molar refractivity (Wildman–Crippen MR) is 306 cm³/mol. The average Bonchev–Trinajstić information content (AvgIpc) is 3.37. The highest BCUT2D eigenvalue weighted by Crippen LogP contribution is 2.14. The van der Waals surface area contributed by atoms with Crippen LogP contribution in [0.1, 0.15) is 226 Å². The zero-order chi connectivity index (χ0) is 51.4. The molecule has 6 heteroatoms. The van der Waals surface area contributed by atoms with Crippen molar-refractivity contribution in [2.75, 3.05) is 13.2 Å². The van der Waals surface area contributed by atoms with Gasteiger partial charge in [0.1, 0.15) is 13.2 Å². The third-order valence-electron chi connectivity index (χ3n) is 11.5. The molecule has 0 aromatic rings. The molecule has 1 atom stereocenters. The van der Waals surface area contributed by atoms with Crippen molar-refractivity contribution in [1.82, 2.24) is 0 Å². The second-order valence-corrected chi connectivity index (χ2v) is 18.2. The van der Waals surface area contributed by atoms with Gasteiger partial charge in [0.05, 0.1) is 0 Å². The van der Waals surface area contributed by atoms with Crippen molar-refractivity contribution < 1.29 is 28.6 Å². The number of ether oxygens (including phenoxy) is 3. The van der Waals surface area contributed by atoms with E-state index in [0.29, 0.717) is 19.3 Å². The first kappa shape index (κ1) is 66.3. The molecule has 0 N–H and O–H groups in total. The maximum Gasteiger partial charge on any atom is 0.306 e. The molecule has 398 valence electrons. The van der Waals surface area contributed by atoms with Crippen LogP contribution >= 0.6 is 0 Å². The highest BCUT2D eigenvalue weighted by molar-refractivity contribution is 5.71. The fourth-order valence-electron chi connectivity index (χ4n) is 7.25. The standard InChI is InChI=1S/C65H102O6/c1-4-7-10-13-16-19-22-25-28-30-32-34-37-40-43-46-49-52-55-58-64(67)70-61-62(60-69-63(66)57-54-51-48-45-42-39-36-27-24-21-18-15-12-9-6-3)71-65(68)59-56-53-50-47-44-41-38-35-33-31-29-26-23-20-17-14-11-8-5-2/h7,9-10,12,15-16,18-19,21,24-25,27-28,31-34,36,39-40,42-43,49,52,62H,4-6,8,11,13-14,17,20,22-23,26,29-30,35,37-38,41,44-48,50-51,53-61H2,1-3H3/b10-7-,12-9-,18-15-,19-16-,24-21-,28-25-,33-31-,34-32-,36-27-,42-39-,43-40-,52-49-. The fourth-order valence-corrected chi connectivity index (χ4v) is 7.25. The van der Waals surface area contributed by atoms with E-state index in [1.807, 2.05) is 60.8 Å². The summed E-state index contributed by atoms with van der Waals surface area (Å²) in [6.07, 6.45) is 82.8. The van der Waals surface area contributed by atoms with Crippen LogP contribution in [-0.2, 0) is 28.6 Å². The van der Waals surface area contributed by atoms with E-state index < -0.39 is 6.10 Å². The predicted octanol–water partition coefficient (Wildman–Crippen LogP) is 19.2. The van der Waals surface area contributed by atoms with Gasteiger partial charge in [-0.2, -0.15) is 0 Å². The van der Waals surface area contributed by atoms with Gasteiger partial charge in [0.15, 0.2) is 6.10 Å². The third-order valence-corrected chi connectivity index (χ3v) is 11.5. The summed E-state index contributed by atoms with van der Waals surface area (Å²) in [5.41, 5.74) is 0. The molecule has 0 radical (unpaired) electrons. The number of esters is 3. The Morgan fingerprint density at radius 1 is 0.310 bits per heavy atom. The average molecular weight is 980 g/mol. The monoisotopic (exact) mass is 979 g/mol. The van der Waals surface area contributed by atoms with Crippen LogP contribution in [0.15, 0.2) is 146 Å². The number of unbranched alkanes of at least 4 members (excludes halogenated alkanes) is 18. The first-order valence-electron chi connectivity index (χ1n) is 28.4. The van der Waals surface area contributed by atoms with Gasteiger partial charge in [0, 0.05) is 19.3 Å². The van der Waals surface area contributed by atoms with E-state index in [0.717, 1.165) is 83.5 Å². The first-order chi connectivity index (χ1) is 35.0. The summed E-state index contributed by atoms with van der Waals surface area (Å²) in [6.45, 7) is 6.27. The Hall–Kier alpha value is -4.71. The lowest BCUT2D eigenvalue weighted by Gasteiger charge is -2.18. The molecule has 6 nitrogen and oxygen atoms in total. The van der Waals surface area contributed by atoms with Crippen molar-refractivity contribution >= 4 is 17.9 Å². The molecule has 0 aliphatic rings. The fraction of sp³-hybridized carbons (Fsp3) is 0.585. The van der Waals surface area contributed by atoms with Crippen LogP contribution in [0.25, 0.3) is 0 Å². The second-order valence-electron chi connectivity index (χ2n) is 18.2. The van der Waals surface area contributed by atoms with E-state index >= 15 is 0 Å². The highest BCUT2D eigenvalue weighted by atomic mass is 16.6. The minimum Gasteiger partial charge on any atom is -0.462 e. The Bertz CT molecular complexity index is 1590. The molecule has 0 bridgehead atoms. The molecule has 0 saturated carbocycles. The van der Waals surface area contributed by atoms with Crippen LogP contribution in [0.4, 0.5) is 0 Å². The number of hydrogen-bond acceptors (Lipinski definition) is 6. The molecule has 0 amide bonds. The summed E-state index contributed by atoms with van der Waals surface area (Å²) >= 11 is 0. The van der Waals surface area contributed by atoms with Gasteiger partial charge in [-0.3, -0.25) is 14.4 Å². The van der Waals surface area contributed by atoms with Crippen LogP contribution < -0.4 is 0 Å². The lowest BCUT2D eigenvalue weighted by Crippen LogP contribution is -2.30. The molecule has 0 fully saturated rings. The maximum atomic E-state index is 12.9. The van der Waals surface area contributed by atoms with Crippen LogP contribution in [-0.4, -0.2) is 37.2 Å². The van der Waals surface area contributed by atoms with E-state index in [4.69, 9.17) is 14.2 Å². The summed E-state index contributed by atoms with van der Waals surface area (Å²) in [4.78, 5) is 38.1. The summed E-state index contributed by atoms with van der Waals surface area (Å²) in [5.74, 6) is -1.07. The van der Waals surface area contributed by atoms with Crippen LogP contribution in [0, 0.1) is 0 Å². The molecule has 0 spiro atoms. The van der Waals surface area contributed by atoms with Crippen LogP contribution in [0.2, 0.25) is 0 Å². The quantitative estimate of drug-likeness (QED) is 0.0199. The van der Waals surface area contributed by atoms with Gasteiger partial charge in [-0.1, -0.05) is 250 Å². The minimum atomic E-state index is -0.836. The second kappa shape index (κ2) is 57.9. The summed E-state index contributed by atoms with van der Waals surface area (Å²) in [6, 6.07) is 0. The molecule has 0 aliphatic carbocycles. The molecular weight excluding hydrogens is 877 g/mol. The van der Waals surface area contributed by atoms with E-state index in [1.165, 1.54) is 89.9 Å². The van der Waals surface area contributed by atoms with Gasteiger partial charge >= 0.3 is 17.9 Å². The van der Waals surface area contributed by atoms with Crippen molar-refractivity contribution in [2.24, 2.45) is 0 Å². The molecule has 1 unspecified atom stereocenters. The highest BCUT2D eigenvalue weighted by Gasteiger charge is 2.19. The Morgan fingerprint density at radius 2 is 0.648 bits per heavy atom. The summed E-state index contributed by atoms with van der Waals surface area (Å²) < 4.78 is 16.7. The van der Waals surface area contributed by atoms with Gasteiger partial charge in [0.25, 0.3) is 0 Å². The summed E-state index contributed by atoms with van der Waals surface area (Å²) in [7, 11) is 0. The van der Waals surface area contributed by atoms with Gasteiger partial charge in [-0.25, -0.2) is 0 Å². The SMILES string of the molecule is CC\C=C/C=C\C=C/C=C\C=C/CCCCCC(=O)OCC(COC(=O)CC/C=C\C/C=C\C/C=C\C/C=C\C/C=C\C/C=C\CC)OC(=O)CCCCCCCCC/C=C\CCCCCCCCCC. The number of allylic oxidation sites excluding steroid dienone is 24. The van der Waals surface area contributed by atoms with Crippen LogP contribution in [0.3, 0.4) is 0 Å². The van der Waals surface area contributed by atoms with Gasteiger partial charge in [-0.05, 0) is 103 Å². The third kappa shape index (κ3) is 56.1. The summed E-state index contributed by atoms with van der Waals surface area (Å²) in [5, 5.41) is 0. The smallest absolute Gasteiger partial charge is 0.306 e. The topological polar surface area (TPSA) is 78.9 Å². The van der Waals surface area contributed by atoms with Crippen molar-refractivity contribution in [2.45, 2.75) is 232 Å². The van der Waals surface area contributed by atoms with E-state index in [9.17, 15) is 14.4 Å². The molecule has 0 heterocycles. The van der Waals surface area contributed by atoms with Gasteiger partial charge in [-0.15, -0.1) is 0 Å². The lowest BCUT2D eigenvalue weighted by atomic mass is 10.1. The van der Waals surface area contributed by atoms with Gasteiger partial charge < -0.3 is 14.2 Å². The van der Waals surface area contributed by atoms with Crippen molar-refractivity contribution in [3.8, 4) is 0 Å². The molecule has 71 heavy (non-hydrogen) atoms. The van der Waals surface area contributed by atoms with Crippen LogP contribution in [0.5, 0.6) is 0 Å². The zero-order valence-corrected chi connectivity index (χ0v) is 45.4.